The van der Waals surface area contributed by atoms with Gasteiger partial charge >= 0.3 is 17.4 Å². The molecule has 6 nitrogen and oxygen atoms in total. The predicted octanol–water partition coefficient (Wildman–Crippen LogP) is 12.7. The van der Waals surface area contributed by atoms with E-state index in [-0.39, 0.29) is 17.4 Å². The van der Waals surface area contributed by atoms with E-state index in [0.29, 0.717) is 0 Å². The number of benzene rings is 2. The largest absolute Gasteiger partial charge is 4.00 e. The predicted molar refractivity (Wildman–Crippen MR) is 221 cm³/mol. The number of nitrogens with zero attached hydrogens (tertiary/aromatic N) is 6. The molecular formula is C32H26CrN6S8. The second-order valence-corrected chi connectivity index (χ2v) is 14.2. The van der Waals surface area contributed by atoms with E-state index in [1.165, 1.54) is 70.3 Å². The van der Waals surface area contributed by atoms with Gasteiger partial charge in [0, 0.05) is 24.8 Å². The fourth-order valence-electron chi connectivity index (χ4n) is 3.11. The quantitative estimate of drug-likeness (QED) is 0.126. The summed E-state index contributed by atoms with van der Waals surface area (Å²) in [5.74, 6) is 0. The van der Waals surface area contributed by atoms with Crippen molar-refractivity contribution in [3.63, 3.8) is 0 Å². The minimum absolute atomic E-state index is 0. The van der Waals surface area contributed by atoms with E-state index in [9.17, 15) is 0 Å². The van der Waals surface area contributed by atoms with Crippen LogP contribution in [0.4, 0.5) is 0 Å². The van der Waals surface area contributed by atoms with Crippen LogP contribution in [0.3, 0.4) is 0 Å². The number of rotatable bonds is 0. The molecule has 4 aromatic rings. The maximum atomic E-state index is 7.13. The molecule has 0 bridgehead atoms. The van der Waals surface area contributed by atoms with Crippen molar-refractivity contribution >= 4 is 138 Å². The molecule has 2 aliphatic rings. The summed E-state index contributed by atoms with van der Waals surface area (Å²) in [6.07, 6.45) is 7.36. The van der Waals surface area contributed by atoms with Crippen LogP contribution in [-0.2, 0) is 17.4 Å². The molecule has 15 heteroatoms. The molecule has 238 valence electrons. The molecule has 0 unspecified atom stereocenters. The summed E-state index contributed by atoms with van der Waals surface area (Å²) in [4.78, 5) is 13.9. The Morgan fingerprint density at radius 1 is 0.468 bits per heavy atom. The van der Waals surface area contributed by atoms with Gasteiger partial charge in [0.05, 0.1) is 8.47 Å². The molecule has 6 rings (SSSR count). The Balaban J connectivity index is 0. The number of fused-ring (bicyclic) bond motifs is 2. The molecule has 0 radical (unpaired) electrons. The van der Waals surface area contributed by atoms with Gasteiger partial charge in [-0.1, -0.05) is 144 Å². The minimum atomic E-state index is 0. The van der Waals surface area contributed by atoms with Gasteiger partial charge in [0.25, 0.3) is 0 Å². The van der Waals surface area contributed by atoms with Crippen molar-refractivity contribution < 1.29 is 17.4 Å². The van der Waals surface area contributed by atoms with Crippen molar-refractivity contribution in [2.24, 2.45) is 0 Å². The van der Waals surface area contributed by atoms with E-state index in [4.69, 9.17) is 21.6 Å². The third kappa shape index (κ3) is 19.9. The van der Waals surface area contributed by atoms with E-state index in [2.05, 4.69) is 111 Å². The molecule has 47 heavy (non-hydrogen) atoms. The molecule has 0 amide bonds. The zero-order valence-electron chi connectivity index (χ0n) is 25.4. The Bertz CT molecular complexity index is 1480. The molecule has 2 aromatic heterocycles. The summed E-state index contributed by atoms with van der Waals surface area (Å²) in [5.41, 5.74) is 0. The second-order valence-electron chi connectivity index (χ2n) is 8.02. The Morgan fingerprint density at radius 2 is 0.702 bits per heavy atom. The normalized spacial score (nSPS) is 11.8. The van der Waals surface area contributed by atoms with Crippen molar-refractivity contribution in [2.75, 3.05) is 0 Å². The molecule has 2 aromatic carbocycles. The summed E-state index contributed by atoms with van der Waals surface area (Å²) in [7, 11) is 0. The smallest absolute Gasteiger partial charge is 0.753 e. The van der Waals surface area contributed by atoms with E-state index in [0.717, 1.165) is 0 Å². The standard InChI is InChI=1S/C10H12S4.2C9H7N.4CNS.Cr/c1-5-6(2)12-9(11-5)10-13-7(3)8(4)14-10;2*1-2-4-9-7-10-6-5-8(9)3-1;4*2-1-3;/h1-4H3;2*1-7H;;;;;/q;;;4*-1;+4. The molecule has 0 saturated carbocycles. The van der Waals surface area contributed by atoms with Gasteiger partial charge in [-0.3, -0.25) is 9.97 Å². The number of hydrogen-bond donors (Lipinski definition) is 0. The number of thiocarbonyl (C=S) groups is 4. The molecule has 0 spiro atoms. The summed E-state index contributed by atoms with van der Waals surface area (Å²) in [6, 6.07) is 20.4. The molecule has 0 fully saturated rings. The first-order valence-electron chi connectivity index (χ1n) is 12.6. The van der Waals surface area contributed by atoms with Crippen LogP contribution in [0.1, 0.15) is 27.7 Å². The number of hydrogen-bond acceptors (Lipinski definition) is 10. The van der Waals surface area contributed by atoms with Crippen molar-refractivity contribution in [1.82, 2.24) is 9.97 Å². The Kier molecular flexibility index (Phi) is 29.6. The van der Waals surface area contributed by atoms with Crippen LogP contribution in [-0.4, -0.2) is 30.6 Å². The Hall–Kier alpha value is -2.39. The number of isothiocyanates is 4. The maximum absolute atomic E-state index is 7.13. The number of thioether (sulfide) groups is 4. The van der Waals surface area contributed by atoms with Crippen molar-refractivity contribution in [3.05, 3.63) is 135 Å². The topological polar surface area (TPSA) is 115 Å². The van der Waals surface area contributed by atoms with E-state index >= 15 is 0 Å². The van der Waals surface area contributed by atoms with Gasteiger partial charge < -0.3 is 21.6 Å². The first-order chi connectivity index (χ1) is 22.2. The van der Waals surface area contributed by atoms with E-state index < -0.39 is 0 Å². The zero-order chi connectivity index (χ0) is 34.7. The van der Waals surface area contributed by atoms with Crippen LogP contribution in [0.25, 0.3) is 43.2 Å². The molecule has 0 saturated heterocycles. The van der Waals surface area contributed by atoms with Crippen LogP contribution in [0.15, 0.2) is 114 Å². The van der Waals surface area contributed by atoms with Gasteiger partial charge in [-0.25, -0.2) is 0 Å². The van der Waals surface area contributed by atoms with Gasteiger partial charge in [0.15, 0.2) is 0 Å². The molecule has 2 aliphatic heterocycles. The molecule has 0 atom stereocenters. The van der Waals surface area contributed by atoms with Gasteiger partial charge in [0.1, 0.15) is 0 Å². The number of aromatic nitrogens is 2. The average Bonchev–Trinajstić information content (AvgIpc) is 3.58. The van der Waals surface area contributed by atoms with Gasteiger partial charge in [-0.15, -0.1) is 0 Å². The summed E-state index contributed by atoms with van der Waals surface area (Å²) >= 11 is 22.5. The maximum Gasteiger partial charge on any atom is 4.00 e. The average molecular weight is 803 g/mol. The SMILES string of the molecule is CC1=C(C)SC(=C2SC(C)=C(C)S2)S1.[Cr+4].[N-]=C=S.[N-]=C=S.[N-]=C=S.[N-]=C=S.c1ccc2cnccc2c1.c1ccc2cnccc2c1. The molecular weight excluding hydrogens is 777 g/mol. The van der Waals surface area contributed by atoms with Crippen LogP contribution < -0.4 is 0 Å². The van der Waals surface area contributed by atoms with Crippen LogP contribution in [0, 0.1) is 0 Å². The second kappa shape index (κ2) is 29.7. The summed E-state index contributed by atoms with van der Waals surface area (Å²) < 4.78 is 2.96. The van der Waals surface area contributed by atoms with Crippen molar-refractivity contribution in [1.29, 1.82) is 0 Å². The summed E-state index contributed by atoms with van der Waals surface area (Å²) in [6.45, 7) is 8.83. The monoisotopic (exact) mass is 802 g/mol. The van der Waals surface area contributed by atoms with Crippen molar-refractivity contribution in [3.8, 4) is 0 Å². The Morgan fingerprint density at radius 3 is 0.936 bits per heavy atom. The van der Waals surface area contributed by atoms with Gasteiger partial charge in [-0.05, 0) is 81.0 Å². The van der Waals surface area contributed by atoms with E-state index in [1.54, 1.807) is 0 Å². The minimum Gasteiger partial charge on any atom is -0.753 e. The first-order valence-corrected chi connectivity index (χ1v) is 17.5. The Labute approximate surface area is 325 Å². The summed E-state index contributed by atoms with van der Waals surface area (Å²) in [5, 5.41) is 38.8. The number of allylic oxidation sites excluding steroid dienone is 4. The van der Waals surface area contributed by atoms with Crippen LogP contribution in [0.5, 0.6) is 0 Å². The fourth-order valence-corrected chi connectivity index (χ4v) is 8.46. The number of pyridine rings is 2. The van der Waals surface area contributed by atoms with Gasteiger partial charge in [-0.2, -0.15) is 20.6 Å². The van der Waals surface area contributed by atoms with Crippen LogP contribution in [0.2, 0.25) is 0 Å². The molecule has 0 aliphatic carbocycles. The third-order valence-corrected chi connectivity index (χ3v) is 11.0. The molecule has 4 heterocycles. The van der Waals surface area contributed by atoms with Gasteiger partial charge in [0.2, 0.25) is 0 Å². The van der Waals surface area contributed by atoms with Crippen LogP contribution >= 0.6 is 95.9 Å². The zero-order valence-corrected chi connectivity index (χ0v) is 33.2. The first kappa shape index (κ1) is 46.7. The van der Waals surface area contributed by atoms with E-state index in [1.807, 2.05) is 108 Å². The molecule has 0 N–H and O–H groups in total. The third-order valence-electron chi connectivity index (χ3n) is 5.24. The fraction of sp³-hybridized carbons (Fsp3) is 0.125. The van der Waals surface area contributed by atoms with Crippen molar-refractivity contribution in [2.45, 2.75) is 27.7 Å².